The lowest BCUT2D eigenvalue weighted by Crippen LogP contribution is -2.48. The van der Waals surface area contributed by atoms with Crippen molar-refractivity contribution >= 4 is 22.6 Å². The maximum atomic E-state index is 13.8. The Kier molecular flexibility index (Phi) is 8.41. The predicted octanol–water partition coefficient (Wildman–Crippen LogP) is 5.16. The maximum Gasteiger partial charge on any atom is 0.234 e. The number of fused-ring (bicyclic) bond motifs is 2. The van der Waals surface area contributed by atoms with Crippen molar-refractivity contribution in [3.63, 3.8) is 0 Å². The van der Waals surface area contributed by atoms with E-state index in [1.165, 1.54) is 19.2 Å². The zero-order valence-electron chi connectivity index (χ0n) is 26.3. The molecule has 0 unspecified atom stereocenters. The van der Waals surface area contributed by atoms with Crippen LogP contribution >= 0.6 is 0 Å². The van der Waals surface area contributed by atoms with Crippen LogP contribution in [0.5, 0.6) is 11.5 Å². The van der Waals surface area contributed by atoms with Gasteiger partial charge in [-0.05, 0) is 89.6 Å². The van der Waals surface area contributed by atoms with Crippen LogP contribution in [0.15, 0.2) is 54.6 Å². The first-order valence-electron chi connectivity index (χ1n) is 14.8. The lowest BCUT2D eigenvalue weighted by Gasteiger charge is -2.27. The van der Waals surface area contributed by atoms with Crippen molar-refractivity contribution in [3.8, 4) is 22.8 Å². The molecule has 2 atom stereocenters. The van der Waals surface area contributed by atoms with E-state index in [-0.39, 0.29) is 43.4 Å². The Labute approximate surface area is 261 Å². The third kappa shape index (κ3) is 6.53. The minimum absolute atomic E-state index is 0.00183. The van der Waals surface area contributed by atoms with Crippen LogP contribution in [0.25, 0.3) is 22.2 Å². The molecule has 10 heteroatoms. The van der Waals surface area contributed by atoms with Crippen molar-refractivity contribution < 1.29 is 33.7 Å². The van der Waals surface area contributed by atoms with Gasteiger partial charge < -0.3 is 25.0 Å². The van der Waals surface area contributed by atoms with Crippen LogP contribution in [0.3, 0.4) is 0 Å². The lowest BCUT2D eigenvalue weighted by molar-refractivity contribution is -0.127. The minimum atomic E-state index is -1.59. The van der Waals surface area contributed by atoms with E-state index in [4.69, 9.17) is 14.5 Å². The number of aryl methyl sites for hydroxylation is 1. The minimum Gasteiger partial charge on any atom is -0.494 e. The number of ketones is 1. The summed E-state index contributed by atoms with van der Waals surface area (Å²) in [7, 11) is 1.53. The zero-order valence-corrected chi connectivity index (χ0v) is 26.3. The molecule has 2 aromatic heterocycles. The van der Waals surface area contributed by atoms with Crippen LogP contribution < -0.4 is 14.8 Å². The molecule has 5 rings (SSSR count). The number of carbonyl (C=O) groups is 2. The van der Waals surface area contributed by atoms with Gasteiger partial charge in [-0.3, -0.25) is 9.59 Å². The van der Waals surface area contributed by atoms with E-state index in [0.717, 1.165) is 11.1 Å². The number of Topliss-reactive ketones (excluding diaryl/α,β-unsaturated/α-hetero) is 1. The summed E-state index contributed by atoms with van der Waals surface area (Å²) in [5.74, 6) is -0.154. The molecule has 0 saturated carbocycles. The van der Waals surface area contributed by atoms with Gasteiger partial charge in [0.2, 0.25) is 5.91 Å². The van der Waals surface area contributed by atoms with E-state index in [1.807, 2.05) is 19.1 Å². The van der Waals surface area contributed by atoms with Gasteiger partial charge in [-0.2, -0.15) is 0 Å². The molecule has 2 aromatic carbocycles. The highest BCUT2D eigenvalue weighted by molar-refractivity contribution is 6.01. The van der Waals surface area contributed by atoms with E-state index in [1.54, 1.807) is 58.0 Å². The molecule has 0 bridgehead atoms. The molecule has 4 aromatic rings. The second-order valence-corrected chi connectivity index (χ2v) is 12.8. The molecular weight excluding hydrogens is 577 g/mol. The molecule has 0 fully saturated rings. The van der Waals surface area contributed by atoms with Gasteiger partial charge in [0, 0.05) is 40.7 Å². The summed E-state index contributed by atoms with van der Waals surface area (Å²) in [5, 5.41) is 25.5. The number of carbonyl (C=O) groups excluding carboxylic acids is 2. The van der Waals surface area contributed by atoms with Gasteiger partial charge in [0.1, 0.15) is 46.1 Å². The number of nitrogens with zero attached hydrogens (tertiary/aromatic N) is 2. The van der Waals surface area contributed by atoms with Crippen molar-refractivity contribution in [2.24, 2.45) is 0 Å². The molecule has 3 heterocycles. The van der Waals surface area contributed by atoms with E-state index >= 15 is 0 Å². The fourth-order valence-corrected chi connectivity index (χ4v) is 5.39. The summed E-state index contributed by atoms with van der Waals surface area (Å²) in [5.41, 5.74) is -0.368. The van der Waals surface area contributed by atoms with Crippen LogP contribution in [-0.2, 0) is 15.8 Å². The molecule has 9 nitrogen and oxygen atoms in total. The van der Waals surface area contributed by atoms with E-state index in [9.17, 15) is 24.2 Å². The number of benzene rings is 2. The van der Waals surface area contributed by atoms with Crippen molar-refractivity contribution in [1.29, 1.82) is 0 Å². The van der Waals surface area contributed by atoms with Crippen LogP contribution in [0, 0.1) is 12.7 Å². The number of aliphatic hydroxyl groups is 2. The topological polar surface area (TPSA) is 131 Å². The quantitative estimate of drug-likeness (QED) is 0.209. The Morgan fingerprint density at radius 2 is 1.78 bits per heavy atom. The Balaban J connectivity index is 1.49. The molecule has 0 aliphatic carbocycles. The Morgan fingerprint density at radius 1 is 1.07 bits per heavy atom. The summed E-state index contributed by atoms with van der Waals surface area (Å²) in [4.78, 5) is 36.2. The van der Waals surface area contributed by atoms with Gasteiger partial charge >= 0.3 is 0 Å². The molecule has 1 amide bonds. The predicted molar refractivity (Wildman–Crippen MR) is 168 cm³/mol. The van der Waals surface area contributed by atoms with Crippen molar-refractivity contribution in [2.75, 3.05) is 20.3 Å². The molecule has 236 valence electrons. The molecule has 3 N–H and O–H groups in total. The molecule has 45 heavy (non-hydrogen) atoms. The number of aromatic nitrogens is 2. The smallest absolute Gasteiger partial charge is 0.234 e. The first-order chi connectivity index (χ1) is 21.1. The number of rotatable bonds is 10. The van der Waals surface area contributed by atoms with E-state index < -0.39 is 22.4 Å². The van der Waals surface area contributed by atoms with Crippen LogP contribution in [0.4, 0.5) is 4.39 Å². The SMILES string of the molecule is COc1cc(C(=O)CC[C@](C)(O)c2cc3c(c(-c4ccc(F)cc4)n2)OC[C@]3(C)C(=O)NCC(C)(C)O)cc2ccc(C)nc12. The standard InChI is InChI=1S/C35H38FN3O6/c1-20-7-8-22-15-23(16-27(44-6)29(22)38-20)26(40)13-14-35(5,43)28-17-25-31(30(39-28)21-9-11-24(36)12-10-21)45-19-34(25,4)32(41)37-18-33(2,3)42/h7-12,15-17,42-43H,13-14,18-19H2,1-6H3,(H,37,41)/t34-,35-/m0/s1. The fraction of sp³-hybridized carbons (Fsp3) is 0.371. The second kappa shape index (κ2) is 11.8. The molecule has 0 radical (unpaired) electrons. The van der Waals surface area contributed by atoms with Gasteiger partial charge in [0.05, 0.1) is 18.4 Å². The fourth-order valence-electron chi connectivity index (χ4n) is 5.39. The maximum absolute atomic E-state index is 13.8. The first-order valence-corrected chi connectivity index (χ1v) is 14.8. The van der Waals surface area contributed by atoms with Gasteiger partial charge in [-0.1, -0.05) is 6.07 Å². The van der Waals surface area contributed by atoms with Crippen molar-refractivity contribution in [1.82, 2.24) is 15.3 Å². The highest BCUT2D eigenvalue weighted by Gasteiger charge is 2.46. The Morgan fingerprint density at radius 3 is 2.44 bits per heavy atom. The van der Waals surface area contributed by atoms with Gasteiger partial charge in [0.25, 0.3) is 0 Å². The average molecular weight is 616 g/mol. The zero-order chi connectivity index (χ0) is 32.7. The normalized spacial score (nSPS) is 17.4. The van der Waals surface area contributed by atoms with Crippen LogP contribution in [0.1, 0.15) is 67.8 Å². The monoisotopic (exact) mass is 615 g/mol. The number of ether oxygens (including phenoxy) is 2. The highest BCUT2D eigenvalue weighted by Crippen LogP contribution is 2.46. The molecular formula is C35H38FN3O6. The van der Waals surface area contributed by atoms with E-state index in [2.05, 4.69) is 10.3 Å². The Bertz CT molecular complexity index is 1780. The van der Waals surface area contributed by atoms with Crippen LogP contribution in [-0.4, -0.2) is 57.7 Å². The average Bonchev–Trinajstić information content (AvgIpc) is 3.35. The number of pyridine rings is 2. The summed E-state index contributed by atoms with van der Waals surface area (Å²) in [6.45, 7) is 8.37. The molecule has 0 saturated heterocycles. The van der Waals surface area contributed by atoms with Crippen LogP contribution in [0.2, 0.25) is 0 Å². The van der Waals surface area contributed by atoms with E-state index in [0.29, 0.717) is 39.4 Å². The number of hydrogen-bond acceptors (Lipinski definition) is 8. The largest absolute Gasteiger partial charge is 0.494 e. The Hall–Kier alpha value is -4.41. The number of hydrogen-bond donors (Lipinski definition) is 3. The molecule has 1 aliphatic rings. The third-order valence-corrected chi connectivity index (χ3v) is 8.20. The summed E-state index contributed by atoms with van der Waals surface area (Å²) < 4.78 is 25.4. The summed E-state index contributed by atoms with van der Waals surface area (Å²) in [6, 6.07) is 14.5. The number of nitrogens with one attached hydrogen (secondary N) is 1. The molecule has 0 spiro atoms. The highest BCUT2D eigenvalue weighted by atomic mass is 19.1. The van der Waals surface area contributed by atoms with Crippen molar-refractivity contribution in [2.45, 2.75) is 64.1 Å². The summed E-state index contributed by atoms with van der Waals surface area (Å²) >= 11 is 0. The van der Waals surface area contributed by atoms with Gasteiger partial charge in [-0.15, -0.1) is 0 Å². The van der Waals surface area contributed by atoms with Gasteiger partial charge in [0.15, 0.2) is 5.78 Å². The first kappa shape index (κ1) is 32.0. The lowest BCUT2D eigenvalue weighted by atomic mass is 9.81. The third-order valence-electron chi connectivity index (χ3n) is 8.20. The molecule has 1 aliphatic heterocycles. The van der Waals surface area contributed by atoms with Crippen molar-refractivity contribution in [3.05, 3.63) is 82.9 Å². The second-order valence-electron chi connectivity index (χ2n) is 12.8. The van der Waals surface area contributed by atoms with Gasteiger partial charge in [-0.25, -0.2) is 14.4 Å². The number of halogens is 1. The number of methoxy groups -OCH3 is 1. The summed E-state index contributed by atoms with van der Waals surface area (Å²) in [6.07, 6.45) is 0.0148. The number of amides is 1.